The van der Waals surface area contributed by atoms with Gasteiger partial charge in [-0.2, -0.15) is 0 Å². The van der Waals surface area contributed by atoms with Crippen molar-refractivity contribution in [3.8, 4) is 0 Å². The summed E-state index contributed by atoms with van der Waals surface area (Å²) in [7, 11) is 3.77. The molecule has 0 unspecified atom stereocenters. The van der Waals surface area contributed by atoms with Gasteiger partial charge in [0.15, 0.2) is 0 Å². The van der Waals surface area contributed by atoms with Crippen molar-refractivity contribution in [3.63, 3.8) is 0 Å². The lowest BCUT2D eigenvalue weighted by molar-refractivity contribution is -0.125. The number of nitrogens with zero attached hydrogens (tertiary/aromatic N) is 4. The summed E-state index contributed by atoms with van der Waals surface area (Å²) in [4.78, 5) is 22.1. The van der Waals surface area contributed by atoms with Gasteiger partial charge >= 0.3 is 0 Å². The van der Waals surface area contributed by atoms with Crippen LogP contribution in [0.25, 0.3) is 17.0 Å². The Morgan fingerprint density at radius 1 is 1.33 bits per heavy atom. The van der Waals surface area contributed by atoms with Crippen molar-refractivity contribution in [2.75, 3.05) is 12.8 Å². The molecule has 0 fully saturated rings. The van der Waals surface area contributed by atoms with Gasteiger partial charge in [0.2, 0.25) is 5.91 Å². The van der Waals surface area contributed by atoms with Crippen LogP contribution >= 0.6 is 0 Å². The van der Waals surface area contributed by atoms with E-state index in [9.17, 15) is 4.79 Å². The maximum Gasteiger partial charge on any atom is 0.246 e. The number of rotatable bonds is 4. The first-order valence-corrected chi connectivity index (χ1v) is 7.57. The lowest BCUT2D eigenvalue weighted by atomic mass is 10.2. The van der Waals surface area contributed by atoms with E-state index in [1.807, 2.05) is 36.1 Å². The number of hydrogen-bond donors (Lipinski definition) is 1. The summed E-state index contributed by atoms with van der Waals surface area (Å²) in [6, 6.07) is 5.49. The van der Waals surface area contributed by atoms with Crippen LogP contribution < -0.4 is 5.73 Å². The maximum atomic E-state index is 12.3. The van der Waals surface area contributed by atoms with Gasteiger partial charge in [-0.1, -0.05) is 0 Å². The minimum Gasteiger partial charge on any atom is -0.384 e. The van der Waals surface area contributed by atoms with Gasteiger partial charge in [-0.3, -0.25) is 9.78 Å². The van der Waals surface area contributed by atoms with E-state index in [1.54, 1.807) is 36.5 Å². The Morgan fingerprint density at radius 3 is 2.92 bits per heavy atom. The Hall–Kier alpha value is -3.15. The molecule has 0 aliphatic carbocycles. The summed E-state index contributed by atoms with van der Waals surface area (Å²) in [6.45, 7) is 0.520. The molecule has 0 aromatic carbocycles. The second-order valence-electron chi connectivity index (χ2n) is 5.70. The van der Waals surface area contributed by atoms with Crippen molar-refractivity contribution in [1.29, 1.82) is 0 Å². The third kappa shape index (κ3) is 3.27. The third-order valence-corrected chi connectivity index (χ3v) is 3.88. The molecule has 0 atom stereocenters. The van der Waals surface area contributed by atoms with Crippen LogP contribution in [0.15, 0.2) is 49.1 Å². The number of pyridine rings is 2. The molecule has 0 aliphatic heterocycles. The van der Waals surface area contributed by atoms with Crippen molar-refractivity contribution in [2.24, 2.45) is 7.05 Å². The van der Waals surface area contributed by atoms with Gasteiger partial charge in [-0.25, -0.2) is 4.98 Å². The van der Waals surface area contributed by atoms with Gasteiger partial charge in [-0.15, -0.1) is 0 Å². The Balaban J connectivity index is 1.72. The first-order valence-electron chi connectivity index (χ1n) is 7.57. The first kappa shape index (κ1) is 15.7. The van der Waals surface area contributed by atoms with Crippen LogP contribution in [0.2, 0.25) is 0 Å². The fourth-order valence-corrected chi connectivity index (χ4v) is 2.58. The number of carbonyl (C=O) groups excluding carboxylic acids is 1. The molecule has 0 saturated heterocycles. The Labute approximate surface area is 140 Å². The zero-order valence-corrected chi connectivity index (χ0v) is 13.7. The molecule has 24 heavy (non-hydrogen) atoms. The minimum atomic E-state index is -0.0762. The molecule has 6 nitrogen and oxygen atoms in total. The summed E-state index contributed by atoms with van der Waals surface area (Å²) < 4.78 is 2.04. The number of nitrogens with two attached hydrogens (primary N) is 1. The second kappa shape index (κ2) is 6.54. The van der Waals surface area contributed by atoms with E-state index in [1.165, 1.54) is 6.08 Å². The first-order chi connectivity index (χ1) is 11.5. The highest BCUT2D eigenvalue weighted by Crippen LogP contribution is 2.20. The van der Waals surface area contributed by atoms with Crippen molar-refractivity contribution in [3.05, 3.63) is 60.2 Å². The number of anilines is 1. The molecule has 0 aliphatic rings. The zero-order chi connectivity index (χ0) is 17.1. The largest absolute Gasteiger partial charge is 0.384 e. The van der Waals surface area contributed by atoms with E-state index < -0.39 is 0 Å². The smallest absolute Gasteiger partial charge is 0.246 e. The average molecular weight is 321 g/mol. The van der Waals surface area contributed by atoms with Gasteiger partial charge in [0.25, 0.3) is 0 Å². The monoisotopic (exact) mass is 321 g/mol. The predicted octanol–water partition coefficient (Wildman–Crippen LogP) is 2.22. The predicted molar refractivity (Wildman–Crippen MR) is 94.9 cm³/mol. The third-order valence-electron chi connectivity index (χ3n) is 3.88. The van der Waals surface area contributed by atoms with Crippen molar-refractivity contribution in [2.45, 2.75) is 6.54 Å². The van der Waals surface area contributed by atoms with Crippen LogP contribution in [0.1, 0.15) is 11.1 Å². The molecule has 3 rings (SSSR count). The minimum absolute atomic E-state index is 0.0762. The maximum absolute atomic E-state index is 12.3. The van der Waals surface area contributed by atoms with E-state index in [0.717, 1.165) is 22.0 Å². The van der Waals surface area contributed by atoms with E-state index >= 15 is 0 Å². The number of amides is 1. The number of fused-ring (bicyclic) bond motifs is 1. The highest BCUT2D eigenvalue weighted by molar-refractivity contribution is 5.92. The van der Waals surface area contributed by atoms with E-state index in [4.69, 9.17) is 5.73 Å². The molecule has 0 spiro atoms. The van der Waals surface area contributed by atoms with E-state index in [-0.39, 0.29) is 5.91 Å². The summed E-state index contributed by atoms with van der Waals surface area (Å²) >= 11 is 0. The summed E-state index contributed by atoms with van der Waals surface area (Å²) in [5.74, 6) is 0.382. The number of hydrogen-bond acceptors (Lipinski definition) is 4. The molecule has 3 aromatic heterocycles. The molecule has 0 saturated carbocycles. The highest BCUT2D eigenvalue weighted by Gasteiger charge is 2.11. The van der Waals surface area contributed by atoms with Gasteiger partial charge in [0.1, 0.15) is 5.82 Å². The van der Waals surface area contributed by atoms with E-state index in [0.29, 0.717) is 12.4 Å². The van der Waals surface area contributed by atoms with Crippen molar-refractivity contribution >= 4 is 28.7 Å². The fourth-order valence-electron chi connectivity index (χ4n) is 2.58. The Bertz CT molecular complexity index is 895. The van der Waals surface area contributed by atoms with Crippen LogP contribution in [0.4, 0.5) is 5.82 Å². The van der Waals surface area contributed by atoms with Gasteiger partial charge < -0.3 is 15.2 Å². The Morgan fingerprint density at radius 2 is 2.17 bits per heavy atom. The number of aryl methyl sites for hydroxylation is 1. The average Bonchev–Trinajstić information content (AvgIpc) is 2.90. The van der Waals surface area contributed by atoms with Crippen LogP contribution in [0, 0.1) is 0 Å². The number of carbonyl (C=O) groups is 1. The lowest BCUT2D eigenvalue weighted by Crippen LogP contribution is -2.24. The SMILES string of the molecule is CN(Cc1cn(C)c2ccncc12)C(=O)/C=C/c1ccc(N)nc1. The molecule has 0 bridgehead atoms. The summed E-state index contributed by atoms with van der Waals surface area (Å²) in [5.41, 5.74) is 8.55. The highest BCUT2D eigenvalue weighted by atomic mass is 16.2. The summed E-state index contributed by atoms with van der Waals surface area (Å²) in [6.07, 6.45) is 10.5. The van der Waals surface area contributed by atoms with Gasteiger partial charge in [0, 0.05) is 56.9 Å². The van der Waals surface area contributed by atoms with Gasteiger partial charge in [0.05, 0.1) is 5.52 Å². The normalized spacial score (nSPS) is 11.2. The van der Waals surface area contributed by atoms with Crippen molar-refractivity contribution in [1.82, 2.24) is 19.4 Å². The zero-order valence-electron chi connectivity index (χ0n) is 13.7. The topological polar surface area (TPSA) is 77.0 Å². The molecule has 6 heteroatoms. The van der Waals surface area contributed by atoms with Gasteiger partial charge in [-0.05, 0) is 35.4 Å². The molecule has 3 aromatic rings. The number of nitrogen functional groups attached to an aromatic ring is 1. The summed E-state index contributed by atoms with van der Waals surface area (Å²) in [5, 5.41) is 1.06. The second-order valence-corrected chi connectivity index (χ2v) is 5.70. The molecule has 2 N–H and O–H groups in total. The molecule has 0 radical (unpaired) electrons. The molecule has 1 amide bonds. The van der Waals surface area contributed by atoms with E-state index in [2.05, 4.69) is 9.97 Å². The number of likely N-dealkylation sites (N-methyl/N-ethyl adjacent to an activating group) is 1. The number of aromatic nitrogens is 3. The molecule has 122 valence electrons. The fraction of sp³-hybridized carbons (Fsp3) is 0.167. The van der Waals surface area contributed by atoms with Crippen LogP contribution in [0.3, 0.4) is 0 Å². The molecule has 3 heterocycles. The van der Waals surface area contributed by atoms with Crippen LogP contribution in [-0.4, -0.2) is 32.4 Å². The molecular weight excluding hydrogens is 302 g/mol. The molecular formula is C18H19N5O. The standard InChI is InChI=1S/C18H19N5O/c1-22-11-14(15-10-20-8-7-16(15)22)12-23(2)18(24)6-4-13-3-5-17(19)21-9-13/h3-11H,12H2,1-2H3,(H2,19,21)/b6-4+. The quantitative estimate of drug-likeness (QED) is 0.748. The lowest BCUT2D eigenvalue weighted by Gasteiger charge is -2.14. The van der Waals surface area contributed by atoms with Crippen molar-refractivity contribution < 1.29 is 4.79 Å². The Kier molecular flexibility index (Phi) is 4.29. The van der Waals surface area contributed by atoms with Crippen LogP contribution in [-0.2, 0) is 18.4 Å². The van der Waals surface area contributed by atoms with Crippen LogP contribution in [0.5, 0.6) is 0 Å².